The fraction of sp³-hybridized carbons (Fsp3) is 0.154. The number of nitrogens with one attached hydrogen (secondary N) is 1. The Kier molecular flexibility index (Phi) is 4.19. The first-order chi connectivity index (χ1) is 8.99. The molecule has 0 bridgehead atoms. The van der Waals surface area contributed by atoms with Gasteiger partial charge in [-0.2, -0.15) is 0 Å². The van der Waals surface area contributed by atoms with Gasteiger partial charge in [-0.05, 0) is 37.3 Å². The Morgan fingerprint density at radius 2 is 2.00 bits per heavy atom. The van der Waals surface area contributed by atoms with Crippen molar-refractivity contribution in [1.29, 1.82) is 0 Å². The molecule has 0 radical (unpaired) electrons. The van der Waals surface area contributed by atoms with Crippen molar-refractivity contribution in [2.45, 2.75) is 17.9 Å². The summed E-state index contributed by atoms with van der Waals surface area (Å²) in [5.41, 5.74) is 0.660. The molecule has 1 N–H and O–H groups in total. The Balaban J connectivity index is 2.23. The predicted octanol–water partition coefficient (Wildman–Crippen LogP) is 2.77. The van der Waals surface area contributed by atoms with E-state index in [2.05, 4.69) is 9.71 Å². The maximum absolute atomic E-state index is 12.2. The van der Waals surface area contributed by atoms with E-state index < -0.39 is 16.1 Å². The van der Waals surface area contributed by atoms with Gasteiger partial charge in [0.15, 0.2) is 0 Å². The van der Waals surface area contributed by atoms with E-state index in [4.69, 9.17) is 11.6 Å². The van der Waals surface area contributed by atoms with Crippen molar-refractivity contribution in [2.24, 2.45) is 0 Å². The molecule has 0 aliphatic heterocycles. The second-order valence-electron chi connectivity index (χ2n) is 4.05. The van der Waals surface area contributed by atoms with Gasteiger partial charge in [0.05, 0.1) is 16.6 Å². The minimum absolute atomic E-state index is 0.141. The zero-order chi connectivity index (χ0) is 13.9. The van der Waals surface area contributed by atoms with E-state index in [0.29, 0.717) is 10.7 Å². The van der Waals surface area contributed by atoms with Crippen molar-refractivity contribution in [1.82, 2.24) is 9.71 Å². The molecule has 0 saturated carbocycles. The molecule has 0 amide bonds. The van der Waals surface area contributed by atoms with Crippen LogP contribution >= 0.6 is 11.6 Å². The quantitative estimate of drug-likeness (QED) is 0.944. The summed E-state index contributed by atoms with van der Waals surface area (Å²) in [5, 5.41) is 0.383. The van der Waals surface area contributed by atoms with E-state index in [0.717, 1.165) is 0 Å². The third-order valence-corrected chi connectivity index (χ3v) is 4.34. The Labute approximate surface area is 117 Å². The molecule has 1 heterocycles. The van der Waals surface area contributed by atoms with Gasteiger partial charge >= 0.3 is 0 Å². The smallest absolute Gasteiger partial charge is 0.241 e. The predicted molar refractivity (Wildman–Crippen MR) is 74.4 cm³/mol. The van der Waals surface area contributed by atoms with Gasteiger partial charge in [0.2, 0.25) is 10.0 Å². The molecule has 4 nitrogen and oxygen atoms in total. The number of nitrogens with zero attached hydrogens (tertiary/aromatic N) is 1. The maximum Gasteiger partial charge on any atom is 0.241 e. The molecule has 6 heteroatoms. The molecule has 19 heavy (non-hydrogen) atoms. The Morgan fingerprint density at radius 3 is 2.63 bits per heavy atom. The molecule has 1 unspecified atom stereocenters. The van der Waals surface area contributed by atoms with Crippen molar-refractivity contribution in [3.63, 3.8) is 0 Å². The van der Waals surface area contributed by atoms with Crippen LogP contribution in [0.5, 0.6) is 0 Å². The Morgan fingerprint density at radius 1 is 1.21 bits per heavy atom. The molecule has 1 aromatic heterocycles. The highest BCUT2D eigenvalue weighted by Crippen LogP contribution is 2.18. The molecule has 1 aromatic carbocycles. The van der Waals surface area contributed by atoms with Crippen LogP contribution in [0.25, 0.3) is 0 Å². The van der Waals surface area contributed by atoms with Crippen LogP contribution in [0.2, 0.25) is 5.02 Å². The van der Waals surface area contributed by atoms with Crippen LogP contribution in [0.4, 0.5) is 0 Å². The first kappa shape index (κ1) is 14.0. The standard InChI is InChI=1S/C13H13ClN2O2S/c1-10(13-7-2-3-8-15-13)16-19(17,18)12-6-4-5-11(14)9-12/h2-10,16H,1H3. The monoisotopic (exact) mass is 296 g/mol. The molecule has 2 rings (SSSR count). The number of benzene rings is 1. The van der Waals surface area contributed by atoms with Crippen molar-refractivity contribution in [3.05, 3.63) is 59.4 Å². The molecule has 2 aromatic rings. The highest BCUT2D eigenvalue weighted by Gasteiger charge is 2.18. The molecule has 0 aliphatic carbocycles. The van der Waals surface area contributed by atoms with Gasteiger partial charge in [0, 0.05) is 11.2 Å². The van der Waals surface area contributed by atoms with E-state index in [1.807, 2.05) is 6.07 Å². The molecule has 0 saturated heterocycles. The third-order valence-electron chi connectivity index (χ3n) is 2.57. The summed E-state index contributed by atoms with van der Waals surface area (Å²) >= 11 is 5.80. The third kappa shape index (κ3) is 3.53. The van der Waals surface area contributed by atoms with Gasteiger partial charge in [0.1, 0.15) is 0 Å². The van der Waals surface area contributed by atoms with Crippen LogP contribution < -0.4 is 4.72 Å². The molecule has 1 atom stereocenters. The lowest BCUT2D eigenvalue weighted by atomic mass is 10.2. The van der Waals surface area contributed by atoms with E-state index in [-0.39, 0.29) is 4.90 Å². The van der Waals surface area contributed by atoms with Crippen LogP contribution in [-0.2, 0) is 10.0 Å². The van der Waals surface area contributed by atoms with Gasteiger partial charge in [-0.3, -0.25) is 4.98 Å². The van der Waals surface area contributed by atoms with Crippen LogP contribution in [0.3, 0.4) is 0 Å². The summed E-state index contributed by atoms with van der Waals surface area (Å²) in [6, 6.07) is 11.1. The minimum Gasteiger partial charge on any atom is -0.260 e. The van der Waals surface area contributed by atoms with Crippen molar-refractivity contribution < 1.29 is 8.42 Å². The SMILES string of the molecule is CC(NS(=O)(=O)c1cccc(Cl)c1)c1ccccn1. The van der Waals surface area contributed by atoms with E-state index in [9.17, 15) is 8.42 Å². The normalized spacial score (nSPS) is 13.2. The van der Waals surface area contributed by atoms with Gasteiger partial charge in [0.25, 0.3) is 0 Å². The summed E-state index contributed by atoms with van der Waals surface area (Å²) in [6.45, 7) is 1.74. The highest BCUT2D eigenvalue weighted by molar-refractivity contribution is 7.89. The number of sulfonamides is 1. The first-order valence-electron chi connectivity index (χ1n) is 5.68. The number of pyridine rings is 1. The minimum atomic E-state index is -3.60. The average molecular weight is 297 g/mol. The summed E-state index contributed by atoms with van der Waals surface area (Å²) < 4.78 is 26.9. The average Bonchev–Trinajstić information content (AvgIpc) is 2.39. The molecule has 0 spiro atoms. The van der Waals surface area contributed by atoms with E-state index in [1.165, 1.54) is 12.1 Å². The fourth-order valence-electron chi connectivity index (χ4n) is 1.63. The number of hydrogen-bond acceptors (Lipinski definition) is 3. The van der Waals surface area contributed by atoms with E-state index in [1.54, 1.807) is 37.4 Å². The highest BCUT2D eigenvalue weighted by atomic mass is 35.5. The van der Waals surface area contributed by atoms with Crippen molar-refractivity contribution in [2.75, 3.05) is 0 Å². The van der Waals surface area contributed by atoms with Crippen LogP contribution in [0.1, 0.15) is 18.7 Å². The van der Waals surface area contributed by atoms with Crippen LogP contribution in [0, 0.1) is 0 Å². The molecule has 100 valence electrons. The number of rotatable bonds is 4. The van der Waals surface area contributed by atoms with Gasteiger partial charge < -0.3 is 0 Å². The fourth-order valence-corrected chi connectivity index (χ4v) is 3.14. The second kappa shape index (κ2) is 5.69. The zero-order valence-electron chi connectivity index (χ0n) is 10.2. The van der Waals surface area contributed by atoms with Gasteiger partial charge in [-0.25, -0.2) is 13.1 Å². The molecular formula is C13H13ClN2O2S. The Hall–Kier alpha value is -1.43. The summed E-state index contributed by atoms with van der Waals surface area (Å²) in [7, 11) is -3.60. The lowest BCUT2D eigenvalue weighted by Gasteiger charge is -2.13. The van der Waals surface area contributed by atoms with E-state index >= 15 is 0 Å². The topological polar surface area (TPSA) is 59.1 Å². The van der Waals surface area contributed by atoms with Crippen LogP contribution in [0.15, 0.2) is 53.6 Å². The van der Waals surface area contributed by atoms with Crippen molar-refractivity contribution in [3.8, 4) is 0 Å². The Bertz CT molecular complexity index is 659. The maximum atomic E-state index is 12.2. The molecular weight excluding hydrogens is 284 g/mol. The number of aromatic nitrogens is 1. The summed E-state index contributed by atoms with van der Waals surface area (Å²) in [4.78, 5) is 4.26. The largest absolute Gasteiger partial charge is 0.260 e. The van der Waals surface area contributed by atoms with Gasteiger partial charge in [-0.15, -0.1) is 0 Å². The zero-order valence-corrected chi connectivity index (χ0v) is 11.8. The number of halogens is 1. The second-order valence-corrected chi connectivity index (χ2v) is 6.21. The van der Waals surface area contributed by atoms with Crippen molar-refractivity contribution >= 4 is 21.6 Å². The first-order valence-corrected chi connectivity index (χ1v) is 7.54. The molecule has 0 fully saturated rings. The lowest BCUT2D eigenvalue weighted by molar-refractivity contribution is 0.564. The number of hydrogen-bond donors (Lipinski definition) is 1. The van der Waals surface area contributed by atoms with Gasteiger partial charge in [-0.1, -0.05) is 23.7 Å². The lowest BCUT2D eigenvalue weighted by Crippen LogP contribution is -2.27. The summed E-state index contributed by atoms with van der Waals surface area (Å²) in [5.74, 6) is 0. The molecule has 0 aliphatic rings. The van der Waals surface area contributed by atoms with Crippen LogP contribution in [-0.4, -0.2) is 13.4 Å². The summed E-state index contributed by atoms with van der Waals surface area (Å²) in [6.07, 6.45) is 1.62.